The molecular formula is C9H20O3Si. The molecule has 0 spiro atoms. The van der Waals surface area contributed by atoms with Gasteiger partial charge in [-0.3, -0.25) is 0 Å². The quantitative estimate of drug-likeness (QED) is 0.509. The second-order valence-electron chi connectivity index (χ2n) is 3.03. The van der Waals surface area contributed by atoms with Gasteiger partial charge in [-0.25, -0.2) is 4.79 Å². The van der Waals surface area contributed by atoms with E-state index in [0.29, 0.717) is 6.61 Å². The molecule has 13 heavy (non-hydrogen) atoms. The molecule has 0 rings (SSSR count). The Labute approximate surface area is 81.6 Å². The molecule has 0 aromatic heterocycles. The van der Waals surface area contributed by atoms with Crippen LogP contribution in [-0.2, 0) is 9.16 Å². The molecule has 0 unspecified atom stereocenters. The van der Waals surface area contributed by atoms with Gasteiger partial charge in [0.15, 0.2) is 0 Å². The van der Waals surface area contributed by atoms with Crippen molar-refractivity contribution >= 4 is 14.5 Å². The number of carbonyl (C=O) groups excluding carboxylic acids is 1. The van der Waals surface area contributed by atoms with Crippen LogP contribution < -0.4 is 0 Å². The highest BCUT2D eigenvalue weighted by Gasteiger charge is 2.33. The predicted octanol–water partition coefficient (Wildman–Crippen LogP) is 3.16. The monoisotopic (exact) mass is 204 g/mol. The standard InChI is InChI=1S/C9H20O3Si/c1-5-11-9(10)12-13(6-2,7-3)8-4/h5-8H2,1-4H3. The molecule has 0 atom stereocenters. The van der Waals surface area contributed by atoms with E-state index in [0.717, 1.165) is 18.1 Å². The summed E-state index contributed by atoms with van der Waals surface area (Å²) in [7, 11) is -1.79. The highest BCUT2D eigenvalue weighted by molar-refractivity contribution is 6.74. The molecule has 0 bridgehead atoms. The number of hydrogen-bond donors (Lipinski definition) is 0. The lowest BCUT2D eigenvalue weighted by Crippen LogP contribution is -2.38. The van der Waals surface area contributed by atoms with Gasteiger partial charge in [0.2, 0.25) is 0 Å². The first-order valence-electron chi connectivity index (χ1n) is 4.99. The van der Waals surface area contributed by atoms with E-state index in [-0.39, 0.29) is 0 Å². The molecule has 0 N–H and O–H groups in total. The Morgan fingerprint density at radius 2 is 1.54 bits per heavy atom. The SMILES string of the molecule is CCOC(=O)O[Si](CC)(CC)CC. The van der Waals surface area contributed by atoms with E-state index in [1.165, 1.54) is 0 Å². The van der Waals surface area contributed by atoms with Gasteiger partial charge in [0.1, 0.15) is 0 Å². The number of carbonyl (C=O) groups is 1. The van der Waals surface area contributed by atoms with Crippen LogP contribution in [0.15, 0.2) is 0 Å². The number of hydrogen-bond acceptors (Lipinski definition) is 3. The molecule has 0 saturated carbocycles. The lowest BCUT2D eigenvalue weighted by molar-refractivity contribution is 0.100. The van der Waals surface area contributed by atoms with Crippen LogP contribution >= 0.6 is 0 Å². The highest BCUT2D eigenvalue weighted by Crippen LogP contribution is 2.21. The molecule has 4 heteroatoms. The Morgan fingerprint density at radius 3 is 1.85 bits per heavy atom. The van der Waals surface area contributed by atoms with Gasteiger partial charge in [-0.05, 0) is 25.1 Å². The van der Waals surface area contributed by atoms with Gasteiger partial charge in [0.25, 0.3) is 8.32 Å². The molecule has 0 amide bonds. The summed E-state index contributed by atoms with van der Waals surface area (Å²) in [6.07, 6.45) is -0.486. The van der Waals surface area contributed by atoms with Crippen LogP contribution in [-0.4, -0.2) is 21.1 Å². The molecular weight excluding hydrogens is 184 g/mol. The third kappa shape index (κ3) is 3.80. The maximum absolute atomic E-state index is 11.1. The number of ether oxygens (including phenoxy) is 1. The van der Waals surface area contributed by atoms with Crippen molar-refractivity contribution in [3.05, 3.63) is 0 Å². The Kier molecular flexibility index (Phi) is 5.78. The topological polar surface area (TPSA) is 35.5 Å². The summed E-state index contributed by atoms with van der Waals surface area (Å²) in [5.41, 5.74) is 0. The summed E-state index contributed by atoms with van der Waals surface area (Å²) in [5.74, 6) is 0. The minimum atomic E-state index is -1.79. The molecule has 3 nitrogen and oxygen atoms in total. The van der Waals surface area contributed by atoms with Crippen molar-refractivity contribution in [2.45, 2.75) is 45.8 Å². The first kappa shape index (κ1) is 12.5. The van der Waals surface area contributed by atoms with E-state index < -0.39 is 14.5 Å². The van der Waals surface area contributed by atoms with E-state index in [1.807, 2.05) is 0 Å². The fraction of sp³-hybridized carbons (Fsp3) is 0.889. The molecule has 0 aromatic carbocycles. The van der Waals surface area contributed by atoms with Gasteiger partial charge in [-0.15, -0.1) is 0 Å². The Morgan fingerprint density at radius 1 is 1.08 bits per heavy atom. The minimum Gasteiger partial charge on any atom is -0.489 e. The molecule has 0 aromatic rings. The van der Waals surface area contributed by atoms with Crippen LogP contribution in [0.2, 0.25) is 18.1 Å². The van der Waals surface area contributed by atoms with Crippen molar-refractivity contribution in [3.63, 3.8) is 0 Å². The van der Waals surface area contributed by atoms with Crippen molar-refractivity contribution < 1.29 is 14.0 Å². The molecule has 0 heterocycles. The lowest BCUT2D eigenvalue weighted by atomic mass is 10.9. The maximum Gasteiger partial charge on any atom is 0.494 e. The maximum atomic E-state index is 11.1. The van der Waals surface area contributed by atoms with E-state index in [1.54, 1.807) is 6.92 Å². The van der Waals surface area contributed by atoms with Gasteiger partial charge in [-0.1, -0.05) is 20.8 Å². The van der Waals surface area contributed by atoms with E-state index in [4.69, 9.17) is 9.16 Å². The third-order valence-corrected chi connectivity index (χ3v) is 6.96. The fourth-order valence-electron chi connectivity index (χ4n) is 1.29. The third-order valence-electron chi connectivity index (χ3n) is 2.50. The van der Waals surface area contributed by atoms with Crippen molar-refractivity contribution in [1.29, 1.82) is 0 Å². The molecule has 0 aliphatic carbocycles. The van der Waals surface area contributed by atoms with E-state index >= 15 is 0 Å². The van der Waals surface area contributed by atoms with Crippen molar-refractivity contribution in [2.75, 3.05) is 6.61 Å². The summed E-state index contributed by atoms with van der Waals surface area (Å²) < 4.78 is 10.2. The first-order valence-corrected chi connectivity index (χ1v) is 7.52. The zero-order chi connectivity index (χ0) is 10.3. The van der Waals surface area contributed by atoms with Crippen LogP contribution in [0, 0.1) is 0 Å². The predicted molar refractivity (Wildman–Crippen MR) is 55.3 cm³/mol. The average molecular weight is 204 g/mol. The molecule has 0 aliphatic heterocycles. The summed E-state index contributed by atoms with van der Waals surface area (Å²) in [5, 5.41) is 0. The zero-order valence-electron chi connectivity index (χ0n) is 9.05. The van der Waals surface area contributed by atoms with Crippen LogP contribution in [0.4, 0.5) is 4.79 Å². The van der Waals surface area contributed by atoms with E-state index in [2.05, 4.69) is 20.8 Å². The van der Waals surface area contributed by atoms with Gasteiger partial charge in [-0.2, -0.15) is 0 Å². The second kappa shape index (κ2) is 6.02. The summed E-state index contributed by atoms with van der Waals surface area (Å²) in [6, 6.07) is 2.91. The normalized spacial score (nSPS) is 11.1. The van der Waals surface area contributed by atoms with Gasteiger partial charge < -0.3 is 9.16 Å². The molecule has 0 aliphatic rings. The van der Waals surface area contributed by atoms with Gasteiger partial charge in [0, 0.05) is 0 Å². The summed E-state index contributed by atoms with van der Waals surface area (Å²) in [4.78, 5) is 11.1. The summed E-state index contributed by atoms with van der Waals surface area (Å²) in [6.45, 7) is 8.42. The molecule has 0 saturated heterocycles. The van der Waals surface area contributed by atoms with E-state index in [9.17, 15) is 4.79 Å². The van der Waals surface area contributed by atoms with Crippen molar-refractivity contribution in [2.24, 2.45) is 0 Å². The smallest absolute Gasteiger partial charge is 0.489 e. The summed E-state index contributed by atoms with van der Waals surface area (Å²) >= 11 is 0. The van der Waals surface area contributed by atoms with Gasteiger partial charge >= 0.3 is 6.16 Å². The van der Waals surface area contributed by atoms with Crippen LogP contribution in [0.1, 0.15) is 27.7 Å². The van der Waals surface area contributed by atoms with Crippen LogP contribution in [0.3, 0.4) is 0 Å². The second-order valence-corrected chi connectivity index (χ2v) is 7.72. The Balaban J connectivity index is 4.16. The lowest BCUT2D eigenvalue weighted by Gasteiger charge is -2.26. The molecule has 0 radical (unpaired) electrons. The molecule has 78 valence electrons. The Bertz CT molecular complexity index is 147. The van der Waals surface area contributed by atoms with Crippen LogP contribution in [0.5, 0.6) is 0 Å². The zero-order valence-corrected chi connectivity index (χ0v) is 10.1. The molecule has 0 fully saturated rings. The van der Waals surface area contributed by atoms with Gasteiger partial charge in [0.05, 0.1) is 6.61 Å². The minimum absolute atomic E-state index is 0.389. The fourth-order valence-corrected chi connectivity index (χ4v) is 3.64. The number of rotatable bonds is 5. The van der Waals surface area contributed by atoms with Crippen molar-refractivity contribution in [3.8, 4) is 0 Å². The average Bonchev–Trinajstić information content (AvgIpc) is 2.15. The highest BCUT2D eigenvalue weighted by atomic mass is 28.4. The first-order chi connectivity index (χ1) is 6.14. The van der Waals surface area contributed by atoms with Crippen molar-refractivity contribution in [1.82, 2.24) is 0 Å². The largest absolute Gasteiger partial charge is 0.494 e. The Hall–Kier alpha value is -0.513. The van der Waals surface area contributed by atoms with Crippen LogP contribution in [0.25, 0.3) is 0 Å².